The maximum atomic E-state index is 12.4. The van der Waals surface area contributed by atoms with Gasteiger partial charge in [-0.1, -0.05) is 11.6 Å². The summed E-state index contributed by atoms with van der Waals surface area (Å²) in [7, 11) is 0. The van der Waals surface area contributed by atoms with E-state index >= 15 is 0 Å². The minimum Gasteiger partial charge on any atom is -0.377 e. The number of ether oxygens (including phenoxy) is 1. The van der Waals surface area contributed by atoms with Gasteiger partial charge in [-0.15, -0.1) is 0 Å². The number of amides is 1. The van der Waals surface area contributed by atoms with Crippen LogP contribution in [0.2, 0.25) is 5.15 Å². The first-order valence-electron chi connectivity index (χ1n) is 5.52. The Balaban J connectivity index is 2.28. The molecule has 1 aromatic heterocycles. The zero-order valence-corrected chi connectivity index (χ0v) is 10.7. The van der Waals surface area contributed by atoms with Crippen LogP contribution in [0.25, 0.3) is 0 Å². The van der Waals surface area contributed by atoms with Gasteiger partial charge in [-0.05, 0) is 26.0 Å². The van der Waals surface area contributed by atoms with Crippen LogP contribution >= 0.6 is 11.6 Å². The van der Waals surface area contributed by atoms with Crippen LogP contribution in [0.3, 0.4) is 0 Å². The minimum absolute atomic E-state index is 0.0867. The molecule has 1 aliphatic rings. The molecule has 0 saturated carbocycles. The Morgan fingerprint density at radius 2 is 2.35 bits per heavy atom. The van der Waals surface area contributed by atoms with E-state index in [0.29, 0.717) is 25.3 Å². The Bertz CT molecular complexity index is 434. The first kappa shape index (κ1) is 12.3. The summed E-state index contributed by atoms with van der Waals surface area (Å²) in [6, 6.07) is 3.41. The van der Waals surface area contributed by atoms with Gasteiger partial charge in [0.2, 0.25) is 0 Å². The van der Waals surface area contributed by atoms with Crippen molar-refractivity contribution in [2.24, 2.45) is 0 Å². The number of carbonyl (C=O) groups is 1. The number of hydrogen-bond acceptors (Lipinski definition) is 3. The molecule has 1 saturated heterocycles. The lowest BCUT2D eigenvalue weighted by Crippen LogP contribution is -2.55. The lowest BCUT2D eigenvalue weighted by atomic mass is 10.0. The third-order valence-electron chi connectivity index (χ3n) is 2.88. The van der Waals surface area contributed by atoms with Crippen LogP contribution in [-0.4, -0.2) is 41.1 Å². The Hall–Kier alpha value is -1.13. The van der Waals surface area contributed by atoms with E-state index < -0.39 is 0 Å². The fourth-order valence-electron chi connectivity index (χ4n) is 1.93. The van der Waals surface area contributed by atoms with Crippen LogP contribution in [-0.2, 0) is 4.74 Å². The molecule has 0 aromatic carbocycles. The summed E-state index contributed by atoms with van der Waals surface area (Å²) < 4.78 is 5.39. The fourth-order valence-corrected chi connectivity index (χ4v) is 2.13. The van der Waals surface area contributed by atoms with E-state index in [2.05, 4.69) is 4.98 Å². The van der Waals surface area contributed by atoms with Gasteiger partial charge in [-0.2, -0.15) is 0 Å². The molecular weight excluding hydrogens is 240 g/mol. The summed E-state index contributed by atoms with van der Waals surface area (Å²) in [5.74, 6) is -0.0867. The van der Waals surface area contributed by atoms with Crippen molar-refractivity contribution in [3.05, 3.63) is 29.0 Å². The summed E-state index contributed by atoms with van der Waals surface area (Å²) in [4.78, 5) is 18.1. The van der Waals surface area contributed by atoms with Crippen molar-refractivity contribution in [2.45, 2.75) is 19.4 Å². The summed E-state index contributed by atoms with van der Waals surface area (Å²) in [5.41, 5.74) is 0.137. The van der Waals surface area contributed by atoms with Gasteiger partial charge in [0.15, 0.2) is 0 Å². The molecule has 92 valence electrons. The molecule has 2 heterocycles. The van der Waals surface area contributed by atoms with E-state index in [4.69, 9.17) is 16.3 Å². The van der Waals surface area contributed by atoms with E-state index in [1.54, 1.807) is 23.2 Å². The number of nitrogens with zero attached hydrogens (tertiary/aromatic N) is 2. The topological polar surface area (TPSA) is 42.4 Å². The highest BCUT2D eigenvalue weighted by atomic mass is 35.5. The van der Waals surface area contributed by atoms with E-state index in [9.17, 15) is 4.79 Å². The zero-order valence-electron chi connectivity index (χ0n) is 9.94. The SMILES string of the molecule is CC1(C)COCCN1C(=O)c1cccnc1Cl. The second-order valence-electron chi connectivity index (χ2n) is 4.66. The van der Waals surface area contributed by atoms with Crippen molar-refractivity contribution in [2.75, 3.05) is 19.8 Å². The fraction of sp³-hybridized carbons (Fsp3) is 0.500. The molecule has 1 aliphatic heterocycles. The van der Waals surface area contributed by atoms with Crippen molar-refractivity contribution in [3.8, 4) is 0 Å². The van der Waals surface area contributed by atoms with Crippen LogP contribution in [0.5, 0.6) is 0 Å². The van der Waals surface area contributed by atoms with Crippen molar-refractivity contribution >= 4 is 17.5 Å². The minimum atomic E-state index is -0.311. The third kappa shape index (κ3) is 2.42. The molecule has 1 amide bonds. The van der Waals surface area contributed by atoms with Gasteiger partial charge in [0.25, 0.3) is 5.91 Å². The molecule has 0 aliphatic carbocycles. The number of rotatable bonds is 1. The van der Waals surface area contributed by atoms with Crippen molar-refractivity contribution in [3.63, 3.8) is 0 Å². The lowest BCUT2D eigenvalue weighted by Gasteiger charge is -2.42. The molecule has 0 radical (unpaired) electrons. The van der Waals surface area contributed by atoms with Gasteiger partial charge in [0.05, 0.1) is 24.3 Å². The highest BCUT2D eigenvalue weighted by Gasteiger charge is 2.35. The van der Waals surface area contributed by atoms with Crippen molar-refractivity contribution in [1.82, 2.24) is 9.88 Å². The number of halogens is 1. The monoisotopic (exact) mass is 254 g/mol. The molecule has 0 unspecified atom stereocenters. The number of carbonyl (C=O) groups excluding carboxylic acids is 1. The molecular formula is C12H15ClN2O2. The smallest absolute Gasteiger partial charge is 0.257 e. The molecule has 0 N–H and O–H groups in total. The highest BCUT2D eigenvalue weighted by molar-refractivity contribution is 6.32. The second kappa shape index (κ2) is 4.63. The van der Waals surface area contributed by atoms with Crippen LogP contribution in [0.1, 0.15) is 24.2 Å². The predicted molar refractivity (Wildman–Crippen MR) is 65.2 cm³/mol. The first-order chi connectivity index (χ1) is 8.02. The van der Waals surface area contributed by atoms with E-state index in [0.717, 1.165) is 0 Å². The van der Waals surface area contributed by atoms with Crippen LogP contribution in [0, 0.1) is 0 Å². The highest BCUT2D eigenvalue weighted by Crippen LogP contribution is 2.23. The maximum Gasteiger partial charge on any atom is 0.257 e. The number of pyridine rings is 1. The van der Waals surface area contributed by atoms with Gasteiger partial charge in [-0.25, -0.2) is 4.98 Å². The standard InChI is InChI=1S/C12H15ClN2O2/c1-12(2)8-17-7-6-15(12)11(16)9-4-3-5-14-10(9)13/h3-5H,6-8H2,1-2H3. The quantitative estimate of drug-likeness (QED) is 0.720. The van der Waals surface area contributed by atoms with E-state index in [-0.39, 0.29) is 16.6 Å². The van der Waals surface area contributed by atoms with Crippen LogP contribution in [0.4, 0.5) is 0 Å². The lowest BCUT2D eigenvalue weighted by molar-refractivity contribution is -0.0370. The summed E-state index contributed by atoms with van der Waals surface area (Å²) in [6.45, 7) is 5.64. The summed E-state index contributed by atoms with van der Waals surface area (Å²) >= 11 is 5.94. The largest absolute Gasteiger partial charge is 0.377 e. The Morgan fingerprint density at radius 1 is 1.59 bits per heavy atom. The molecule has 2 rings (SSSR count). The molecule has 0 spiro atoms. The van der Waals surface area contributed by atoms with Gasteiger partial charge in [0.1, 0.15) is 5.15 Å². The third-order valence-corrected chi connectivity index (χ3v) is 3.18. The van der Waals surface area contributed by atoms with Gasteiger partial charge < -0.3 is 9.64 Å². The number of hydrogen-bond donors (Lipinski definition) is 0. The Kier molecular flexibility index (Phi) is 3.35. The van der Waals surface area contributed by atoms with Gasteiger partial charge >= 0.3 is 0 Å². The number of aromatic nitrogens is 1. The Morgan fingerprint density at radius 3 is 3.00 bits per heavy atom. The van der Waals surface area contributed by atoms with E-state index in [1.165, 1.54) is 0 Å². The average Bonchev–Trinajstić information content (AvgIpc) is 2.28. The normalized spacial score (nSPS) is 19.1. The van der Waals surface area contributed by atoms with Crippen molar-refractivity contribution < 1.29 is 9.53 Å². The average molecular weight is 255 g/mol. The number of morpholine rings is 1. The summed E-state index contributed by atoms with van der Waals surface area (Å²) in [6.07, 6.45) is 1.57. The first-order valence-corrected chi connectivity index (χ1v) is 5.90. The molecule has 1 aromatic rings. The second-order valence-corrected chi connectivity index (χ2v) is 5.02. The van der Waals surface area contributed by atoms with Gasteiger partial charge in [0, 0.05) is 12.7 Å². The molecule has 1 fully saturated rings. The Labute approximate surface area is 106 Å². The van der Waals surface area contributed by atoms with Gasteiger partial charge in [-0.3, -0.25) is 4.79 Å². The van der Waals surface area contributed by atoms with E-state index in [1.807, 2.05) is 13.8 Å². The van der Waals surface area contributed by atoms with Crippen LogP contribution in [0.15, 0.2) is 18.3 Å². The molecule has 5 heteroatoms. The molecule has 17 heavy (non-hydrogen) atoms. The van der Waals surface area contributed by atoms with Crippen molar-refractivity contribution in [1.29, 1.82) is 0 Å². The molecule has 0 bridgehead atoms. The summed E-state index contributed by atoms with van der Waals surface area (Å²) in [5, 5.41) is 0.250. The molecule has 4 nitrogen and oxygen atoms in total. The van der Waals surface area contributed by atoms with Crippen LogP contribution < -0.4 is 0 Å². The maximum absolute atomic E-state index is 12.4. The molecule has 0 atom stereocenters. The zero-order chi connectivity index (χ0) is 12.5. The predicted octanol–water partition coefficient (Wildman–Crippen LogP) is 1.99.